The van der Waals surface area contributed by atoms with Gasteiger partial charge in [-0.05, 0) is 88.0 Å². The Morgan fingerprint density at radius 1 is 1.12 bits per heavy atom. The number of nitriles is 2. The highest BCUT2D eigenvalue weighted by atomic mass is 79.9. The van der Waals surface area contributed by atoms with E-state index >= 15 is 0 Å². The van der Waals surface area contributed by atoms with Crippen LogP contribution in [0.2, 0.25) is 0 Å². The number of nitrogens with two attached hydrogens (primary N) is 1. The molecule has 0 fully saturated rings. The van der Waals surface area contributed by atoms with Crippen molar-refractivity contribution in [3.8, 4) is 17.9 Å². The summed E-state index contributed by atoms with van der Waals surface area (Å²) in [5.74, 6) is 0.487. The summed E-state index contributed by atoms with van der Waals surface area (Å²) in [6.45, 7) is 3.99. The Balaban J connectivity index is 1.69. The minimum atomic E-state index is -0.287. The lowest BCUT2D eigenvalue weighted by Gasteiger charge is -2.12. The zero-order valence-corrected chi connectivity index (χ0v) is 19.5. The second-order valence-electron chi connectivity index (χ2n) is 7.61. The Hall–Kier alpha value is -3.94. The van der Waals surface area contributed by atoms with Gasteiger partial charge in [-0.2, -0.15) is 10.5 Å². The Morgan fingerprint density at radius 2 is 1.85 bits per heavy atom. The summed E-state index contributed by atoms with van der Waals surface area (Å²) in [4.78, 5) is 4.35. The number of hydrogen-bond donors (Lipinski definition) is 1. The molecule has 0 saturated carbocycles. The SMILES string of the molecule is CC1=C(C#N)c2nc(N)c(C#N)c(C)c2/C1=C/c1ccc(OCc2ccc(F)cc2)c(Br)c1. The van der Waals surface area contributed by atoms with Crippen LogP contribution < -0.4 is 10.5 Å². The minimum absolute atomic E-state index is 0.126. The van der Waals surface area contributed by atoms with Crippen LogP contribution in [0.5, 0.6) is 5.75 Å². The van der Waals surface area contributed by atoms with Gasteiger partial charge in [-0.15, -0.1) is 0 Å². The van der Waals surface area contributed by atoms with E-state index in [1.54, 1.807) is 12.1 Å². The summed E-state index contributed by atoms with van der Waals surface area (Å²) in [6, 6.07) is 16.1. The summed E-state index contributed by atoms with van der Waals surface area (Å²) in [5.41, 5.74) is 12.0. The highest BCUT2D eigenvalue weighted by Gasteiger charge is 2.29. The smallest absolute Gasteiger partial charge is 0.142 e. The maximum absolute atomic E-state index is 13.1. The van der Waals surface area contributed by atoms with Crippen LogP contribution in [0, 0.1) is 35.4 Å². The van der Waals surface area contributed by atoms with Gasteiger partial charge >= 0.3 is 0 Å². The van der Waals surface area contributed by atoms with E-state index in [2.05, 4.69) is 33.1 Å². The summed E-state index contributed by atoms with van der Waals surface area (Å²) < 4.78 is 19.7. The molecule has 7 heteroatoms. The van der Waals surface area contributed by atoms with Crippen molar-refractivity contribution in [2.45, 2.75) is 20.5 Å². The zero-order valence-electron chi connectivity index (χ0n) is 17.9. The van der Waals surface area contributed by atoms with E-state index in [9.17, 15) is 14.9 Å². The number of pyridine rings is 1. The second-order valence-corrected chi connectivity index (χ2v) is 8.46. The van der Waals surface area contributed by atoms with Gasteiger partial charge < -0.3 is 10.5 Å². The van der Waals surface area contributed by atoms with Crippen LogP contribution in [0.4, 0.5) is 10.2 Å². The molecule has 2 N–H and O–H groups in total. The predicted molar refractivity (Wildman–Crippen MR) is 129 cm³/mol. The van der Waals surface area contributed by atoms with Gasteiger partial charge in [-0.3, -0.25) is 0 Å². The first kappa shape index (κ1) is 22.3. The predicted octanol–water partition coefficient (Wildman–Crippen LogP) is 6.18. The molecule has 162 valence electrons. The highest BCUT2D eigenvalue weighted by molar-refractivity contribution is 9.10. The Bertz CT molecular complexity index is 1430. The zero-order chi connectivity index (χ0) is 23.7. The average molecular weight is 501 g/mol. The van der Waals surface area contributed by atoms with Crippen LogP contribution in [-0.2, 0) is 6.61 Å². The van der Waals surface area contributed by atoms with Crippen molar-refractivity contribution in [2.75, 3.05) is 5.73 Å². The molecular formula is C26H18BrFN4O. The lowest BCUT2D eigenvalue weighted by Crippen LogP contribution is -2.03. The van der Waals surface area contributed by atoms with Crippen molar-refractivity contribution in [3.63, 3.8) is 0 Å². The van der Waals surface area contributed by atoms with Crippen molar-refractivity contribution in [2.24, 2.45) is 0 Å². The van der Waals surface area contributed by atoms with Gasteiger partial charge in [0.05, 0.1) is 21.3 Å². The molecule has 2 aromatic carbocycles. The van der Waals surface area contributed by atoms with Crippen molar-refractivity contribution in [1.29, 1.82) is 10.5 Å². The number of fused-ring (bicyclic) bond motifs is 1. The molecule has 1 aliphatic rings. The molecule has 3 aromatic rings. The number of aromatic nitrogens is 1. The number of halogens is 2. The van der Waals surface area contributed by atoms with Crippen LogP contribution in [0.1, 0.15) is 40.4 Å². The summed E-state index contributed by atoms with van der Waals surface area (Å²) in [7, 11) is 0. The fraction of sp³-hybridized carbons (Fsp3) is 0.115. The van der Waals surface area contributed by atoms with E-state index in [0.29, 0.717) is 34.8 Å². The highest BCUT2D eigenvalue weighted by Crippen LogP contribution is 2.44. The Morgan fingerprint density at radius 3 is 2.48 bits per heavy atom. The van der Waals surface area contributed by atoms with Crippen molar-refractivity contribution < 1.29 is 9.13 Å². The standard InChI is InChI=1S/C26H18BrFN4O/c1-14-19(24-15(2)21(12-30)26(31)32-25(24)20(14)11-29)9-17-5-8-23(22(27)10-17)33-13-16-3-6-18(28)7-4-16/h3-10H,13H2,1-2H3,(H2,31,32)/b19-9+. The molecular weight excluding hydrogens is 483 g/mol. The lowest BCUT2D eigenvalue weighted by molar-refractivity contribution is 0.304. The number of nitrogen functional groups attached to an aromatic ring is 1. The molecule has 0 amide bonds. The van der Waals surface area contributed by atoms with E-state index in [-0.39, 0.29) is 11.6 Å². The van der Waals surface area contributed by atoms with E-state index in [1.807, 2.05) is 38.1 Å². The molecule has 0 aliphatic heterocycles. The molecule has 0 bridgehead atoms. The first-order valence-electron chi connectivity index (χ1n) is 10.0. The average Bonchev–Trinajstić information content (AvgIpc) is 3.05. The van der Waals surface area contributed by atoms with Gasteiger partial charge in [0.1, 0.15) is 36.1 Å². The fourth-order valence-corrected chi connectivity index (χ4v) is 4.34. The van der Waals surface area contributed by atoms with Gasteiger partial charge in [0.2, 0.25) is 0 Å². The number of hydrogen-bond acceptors (Lipinski definition) is 5. The molecule has 4 rings (SSSR count). The van der Waals surface area contributed by atoms with Crippen LogP contribution in [0.25, 0.3) is 17.2 Å². The molecule has 0 saturated heterocycles. The Kier molecular flexibility index (Phi) is 6.00. The summed E-state index contributed by atoms with van der Waals surface area (Å²) >= 11 is 3.55. The minimum Gasteiger partial charge on any atom is -0.488 e. The third kappa shape index (κ3) is 4.11. The summed E-state index contributed by atoms with van der Waals surface area (Å²) in [6.07, 6.45) is 1.96. The molecule has 0 atom stereocenters. The van der Waals surface area contributed by atoms with Crippen LogP contribution in [0.3, 0.4) is 0 Å². The number of benzene rings is 2. The van der Waals surface area contributed by atoms with Gasteiger partial charge in [0.15, 0.2) is 0 Å². The first-order chi connectivity index (χ1) is 15.8. The molecule has 33 heavy (non-hydrogen) atoms. The molecule has 1 aromatic heterocycles. The van der Waals surface area contributed by atoms with Crippen molar-refractivity contribution in [1.82, 2.24) is 4.98 Å². The molecule has 0 radical (unpaired) electrons. The third-order valence-corrected chi connectivity index (χ3v) is 6.18. The van der Waals surface area contributed by atoms with E-state index < -0.39 is 0 Å². The molecule has 0 unspecified atom stereocenters. The van der Waals surface area contributed by atoms with Gasteiger partial charge in [-0.1, -0.05) is 18.2 Å². The normalized spacial score (nSPS) is 13.6. The summed E-state index contributed by atoms with van der Waals surface area (Å²) in [5, 5.41) is 19.2. The number of ether oxygens (including phenoxy) is 1. The monoisotopic (exact) mass is 500 g/mol. The number of anilines is 1. The van der Waals surface area contributed by atoms with Crippen LogP contribution in [-0.4, -0.2) is 4.98 Å². The van der Waals surface area contributed by atoms with Gasteiger partial charge in [-0.25, -0.2) is 9.37 Å². The van der Waals surface area contributed by atoms with E-state index in [0.717, 1.165) is 32.3 Å². The van der Waals surface area contributed by atoms with Crippen LogP contribution in [0.15, 0.2) is 52.5 Å². The number of rotatable bonds is 4. The lowest BCUT2D eigenvalue weighted by atomic mass is 9.95. The largest absolute Gasteiger partial charge is 0.488 e. The van der Waals surface area contributed by atoms with E-state index in [4.69, 9.17) is 10.5 Å². The van der Waals surface area contributed by atoms with Gasteiger partial charge in [0, 0.05) is 5.56 Å². The molecule has 1 aliphatic carbocycles. The molecule has 5 nitrogen and oxygen atoms in total. The molecule has 0 spiro atoms. The van der Waals surface area contributed by atoms with Crippen molar-refractivity contribution >= 4 is 39.0 Å². The Labute approximate surface area is 199 Å². The molecule has 1 heterocycles. The maximum Gasteiger partial charge on any atom is 0.142 e. The fourth-order valence-electron chi connectivity index (χ4n) is 3.83. The van der Waals surface area contributed by atoms with Gasteiger partial charge in [0.25, 0.3) is 0 Å². The topological polar surface area (TPSA) is 95.7 Å². The quantitative estimate of drug-likeness (QED) is 0.461. The number of nitrogens with zero attached hydrogens (tertiary/aromatic N) is 3. The maximum atomic E-state index is 13.1. The van der Waals surface area contributed by atoms with Crippen LogP contribution >= 0.6 is 15.9 Å². The third-order valence-electron chi connectivity index (χ3n) is 5.56. The number of allylic oxidation sites excluding steroid dienone is 3. The van der Waals surface area contributed by atoms with Crippen molar-refractivity contribution in [3.05, 3.63) is 91.8 Å². The second kappa shape index (κ2) is 8.90. The first-order valence-corrected chi connectivity index (χ1v) is 10.8. The van der Waals surface area contributed by atoms with E-state index in [1.165, 1.54) is 12.1 Å².